The van der Waals surface area contributed by atoms with Crippen LogP contribution in [0.25, 0.3) is 0 Å². The minimum absolute atomic E-state index is 0.856. The van der Waals surface area contributed by atoms with Gasteiger partial charge in [0.2, 0.25) is 0 Å². The summed E-state index contributed by atoms with van der Waals surface area (Å²) in [7, 11) is 0. The van der Waals surface area contributed by atoms with Crippen LogP contribution in [0.2, 0.25) is 0 Å². The van der Waals surface area contributed by atoms with Crippen LogP contribution < -0.4 is 0 Å². The number of allylic oxidation sites excluding steroid dienone is 2. The quantitative estimate of drug-likeness (QED) is 0.492. The minimum atomic E-state index is 0.856. The van der Waals surface area contributed by atoms with Crippen LogP contribution in [0.4, 0.5) is 0 Å². The van der Waals surface area contributed by atoms with Crippen molar-refractivity contribution in [1.29, 1.82) is 0 Å². The van der Waals surface area contributed by atoms with E-state index in [0.717, 1.165) is 5.92 Å². The standard InChI is InChI=1S/C11H20S/c1-3-4-5-6-10-7-9(2)8-11(10)12/h9,12H,3-8H2,1-2H3. The predicted octanol–water partition coefficient (Wildman–Crippen LogP) is 4.18. The van der Waals surface area contributed by atoms with Crippen molar-refractivity contribution in [2.45, 2.75) is 52.4 Å². The molecule has 1 rings (SSSR count). The zero-order valence-corrected chi connectivity index (χ0v) is 9.16. The van der Waals surface area contributed by atoms with Crippen molar-refractivity contribution < 1.29 is 0 Å². The van der Waals surface area contributed by atoms with Crippen LogP contribution in [0.5, 0.6) is 0 Å². The monoisotopic (exact) mass is 184 g/mol. The summed E-state index contributed by atoms with van der Waals surface area (Å²) >= 11 is 4.53. The van der Waals surface area contributed by atoms with Gasteiger partial charge in [-0.2, -0.15) is 0 Å². The Morgan fingerprint density at radius 1 is 1.33 bits per heavy atom. The van der Waals surface area contributed by atoms with Gasteiger partial charge >= 0.3 is 0 Å². The molecule has 1 aliphatic carbocycles. The fourth-order valence-corrected chi connectivity index (χ4v) is 2.43. The minimum Gasteiger partial charge on any atom is -0.148 e. The number of hydrogen-bond acceptors (Lipinski definition) is 1. The zero-order chi connectivity index (χ0) is 8.97. The molecule has 0 heterocycles. The topological polar surface area (TPSA) is 0 Å². The lowest BCUT2D eigenvalue weighted by Crippen LogP contribution is -1.86. The first-order valence-corrected chi connectivity index (χ1v) is 5.58. The molecule has 0 aromatic rings. The molecule has 0 amide bonds. The molecule has 0 spiro atoms. The van der Waals surface area contributed by atoms with Gasteiger partial charge < -0.3 is 0 Å². The zero-order valence-electron chi connectivity index (χ0n) is 8.27. The smallest absolute Gasteiger partial charge is 0.0189 e. The molecule has 1 aliphatic rings. The summed E-state index contributed by atoms with van der Waals surface area (Å²) in [5, 5.41) is 0. The third-order valence-electron chi connectivity index (χ3n) is 2.63. The second-order valence-electron chi connectivity index (χ2n) is 4.02. The van der Waals surface area contributed by atoms with E-state index >= 15 is 0 Å². The molecular weight excluding hydrogens is 164 g/mol. The van der Waals surface area contributed by atoms with Crippen LogP contribution in [0.1, 0.15) is 52.4 Å². The maximum atomic E-state index is 4.53. The summed E-state index contributed by atoms with van der Waals surface area (Å²) < 4.78 is 0. The first kappa shape index (κ1) is 10.2. The van der Waals surface area contributed by atoms with Gasteiger partial charge in [-0.15, -0.1) is 12.6 Å². The lowest BCUT2D eigenvalue weighted by atomic mass is 10.0. The van der Waals surface area contributed by atoms with Crippen LogP contribution in [-0.4, -0.2) is 0 Å². The van der Waals surface area contributed by atoms with E-state index in [0.29, 0.717) is 0 Å². The van der Waals surface area contributed by atoms with Crippen LogP contribution in [-0.2, 0) is 0 Å². The van der Waals surface area contributed by atoms with Crippen molar-refractivity contribution in [1.82, 2.24) is 0 Å². The van der Waals surface area contributed by atoms with Gasteiger partial charge in [-0.3, -0.25) is 0 Å². The fraction of sp³-hybridized carbons (Fsp3) is 0.818. The van der Waals surface area contributed by atoms with Gasteiger partial charge in [0.1, 0.15) is 0 Å². The van der Waals surface area contributed by atoms with E-state index < -0.39 is 0 Å². The molecule has 0 saturated heterocycles. The van der Waals surface area contributed by atoms with Gasteiger partial charge in [0.25, 0.3) is 0 Å². The second kappa shape index (κ2) is 4.96. The van der Waals surface area contributed by atoms with E-state index in [1.54, 1.807) is 5.57 Å². The molecule has 0 N–H and O–H groups in total. The molecule has 0 fully saturated rings. The SMILES string of the molecule is CCCCCC1=C(S)CC(C)C1. The Labute approximate surface area is 81.8 Å². The highest BCUT2D eigenvalue weighted by molar-refractivity contribution is 7.84. The van der Waals surface area contributed by atoms with Gasteiger partial charge in [0.15, 0.2) is 0 Å². The van der Waals surface area contributed by atoms with Crippen LogP contribution in [0.15, 0.2) is 10.5 Å². The van der Waals surface area contributed by atoms with E-state index in [9.17, 15) is 0 Å². The maximum absolute atomic E-state index is 4.53. The van der Waals surface area contributed by atoms with E-state index in [1.807, 2.05) is 0 Å². The summed E-state index contributed by atoms with van der Waals surface area (Å²) in [5.41, 5.74) is 1.64. The Morgan fingerprint density at radius 2 is 2.08 bits per heavy atom. The summed E-state index contributed by atoms with van der Waals surface area (Å²) in [6.07, 6.45) is 7.90. The van der Waals surface area contributed by atoms with Gasteiger partial charge in [0, 0.05) is 0 Å². The largest absolute Gasteiger partial charge is 0.148 e. The Morgan fingerprint density at radius 3 is 2.58 bits per heavy atom. The second-order valence-corrected chi connectivity index (χ2v) is 4.56. The van der Waals surface area contributed by atoms with Crippen LogP contribution >= 0.6 is 12.6 Å². The van der Waals surface area contributed by atoms with Crippen molar-refractivity contribution in [3.63, 3.8) is 0 Å². The molecule has 1 heteroatoms. The normalized spacial score (nSPS) is 23.8. The highest BCUT2D eigenvalue weighted by Crippen LogP contribution is 2.35. The first-order chi connectivity index (χ1) is 5.74. The first-order valence-electron chi connectivity index (χ1n) is 5.14. The predicted molar refractivity (Wildman–Crippen MR) is 58.6 cm³/mol. The van der Waals surface area contributed by atoms with Gasteiger partial charge in [-0.25, -0.2) is 0 Å². The van der Waals surface area contributed by atoms with E-state index in [2.05, 4.69) is 26.5 Å². The highest BCUT2D eigenvalue weighted by Gasteiger charge is 2.17. The van der Waals surface area contributed by atoms with Crippen molar-refractivity contribution in [2.75, 3.05) is 0 Å². The van der Waals surface area contributed by atoms with Gasteiger partial charge in [0.05, 0.1) is 0 Å². The lowest BCUT2D eigenvalue weighted by molar-refractivity contribution is 0.608. The molecule has 0 bridgehead atoms. The Bertz CT molecular complexity index is 170. The molecule has 1 unspecified atom stereocenters. The molecule has 0 nitrogen and oxygen atoms in total. The molecular formula is C11H20S. The molecule has 70 valence electrons. The average molecular weight is 184 g/mol. The summed E-state index contributed by atoms with van der Waals surface area (Å²) in [5.74, 6) is 0.856. The lowest BCUT2D eigenvalue weighted by Gasteiger charge is -2.02. The van der Waals surface area contributed by atoms with Crippen molar-refractivity contribution in [2.24, 2.45) is 5.92 Å². The number of rotatable bonds is 4. The van der Waals surface area contributed by atoms with E-state index in [-0.39, 0.29) is 0 Å². The van der Waals surface area contributed by atoms with Crippen molar-refractivity contribution in [3.8, 4) is 0 Å². The highest BCUT2D eigenvalue weighted by atomic mass is 32.1. The van der Waals surface area contributed by atoms with E-state index in [4.69, 9.17) is 0 Å². The summed E-state index contributed by atoms with van der Waals surface area (Å²) in [6.45, 7) is 4.58. The Kier molecular flexibility index (Phi) is 4.20. The third-order valence-corrected chi connectivity index (χ3v) is 3.13. The van der Waals surface area contributed by atoms with Crippen LogP contribution in [0.3, 0.4) is 0 Å². The molecule has 12 heavy (non-hydrogen) atoms. The average Bonchev–Trinajstić information content (AvgIpc) is 2.31. The van der Waals surface area contributed by atoms with Crippen molar-refractivity contribution in [3.05, 3.63) is 10.5 Å². The fourth-order valence-electron chi connectivity index (χ4n) is 1.92. The third kappa shape index (κ3) is 2.85. The Hall–Kier alpha value is 0.0900. The number of unbranched alkanes of at least 4 members (excludes halogenated alkanes) is 2. The Balaban J connectivity index is 2.27. The summed E-state index contributed by atoms with van der Waals surface area (Å²) in [4.78, 5) is 1.39. The van der Waals surface area contributed by atoms with Gasteiger partial charge in [-0.1, -0.05) is 32.3 Å². The molecule has 0 radical (unpaired) electrons. The molecule has 0 aromatic carbocycles. The van der Waals surface area contributed by atoms with E-state index in [1.165, 1.54) is 43.4 Å². The molecule has 0 saturated carbocycles. The van der Waals surface area contributed by atoms with Gasteiger partial charge in [-0.05, 0) is 36.5 Å². The molecule has 0 aliphatic heterocycles. The number of hydrogen-bond donors (Lipinski definition) is 1. The van der Waals surface area contributed by atoms with Crippen LogP contribution in [0, 0.1) is 5.92 Å². The molecule has 1 atom stereocenters. The number of thiol groups is 1. The molecule has 0 aromatic heterocycles. The van der Waals surface area contributed by atoms with Crippen molar-refractivity contribution >= 4 is 12.6 Å². The summed E-state index contributed by atoms with van der Waals surface area (Å²) in [6, 6.07) is 0. The maximum Gasteiger partial charge on any atom is -0.0189 e.